The van der Waals surface area contributed by atoms with Gasteiger partial charge in [-0.2, -0.15) is 26.3 Å². The van der Waals surface area contributed by atoms with Crippen LogP contribution in [0.5, 0.6) is 11.5 Å². The highest BCUT2D eigenvalue weighted by atomic mass is 19.3. The van der Waals surface area contributed by atoms with E-state index < -0.39 is 30.0 Å². The molecule has 2 rings (SSSR count). The number of ether oxygens (including phenoxy) is 2. The number of hydrogen-bond acceptors (Lipinski definition) is 3. The van der Waals surface area contributed by atoms with Crippen molar-refractivity contribution in [2.75, 3.05) is 0 Å². The first-order chi connectivity index (χ1) is 14.2. The van der Waals surface area contributed by atoms with Crippen LogP contribution in [0.3, 0.4) is 0 Å². The van der Waals surface area contributed by atoms with Crippen LogP contribution in [0.15, 0.2) is 91.4 Å². The Labute approximate surface area is 166 Å². The molecule has 0 saturated heterocycles. The Morgan fingerprint density at radius 2 is 1.07 bits per heavy atom. The molecule has 0 aliphatic carbocycles. The van der Waals surface area contributed by atoms with E-state index in [-0.39, 0.29) is 11.5 Å². The summed E-state index contributed by atoms with van der Waals surface area (Å²) in [6.07, 6.45) is -2.97. The van der Waals surface area contributed by atoms with Gasteiger partial charge in [0.15, 0.2) is 5.78 Å². The van der Waals surface area contributed by atoms with E-state index >= 15 is 0 Å². The van der Waals surface area contributed by atoms with Crippen LogP contribution in [0.25, 0.3) is 5.57 Å². The third-order valence-electron chi connectivity index (χ3n) is 3.53. The van der Waals surface area contributed by atoms with Gasteiger partial charge in [-0.3, -0.25) is 4.79 Å². The molecular weight excluding hydrogens is 414 g/mol. The zero-order valence-corrected chi connectivity index (χ0v) is 15.0. The second-order valence-electron chi connectivity index (χ2n) is 5.49. The summed E-state index contributed by atoms with van der Waals surface area (Å²) < 4.78 is 82.9. The van der Waals surface area contributed by atoms with Crippen molar-refractivity contribution in [3.05, 3.63) is 103 Å². The average molecular weight is 426 g/mol. The highest BCUT2D eigenvalue weighted by Gasteiger charge is 2.12. The molecule has 0 atom stereocenters. The molecule has 0 unspecified atom stereocenters. The lowest BCUT2D eigenvalue weighted by atomic mass is 9.96. The van der Waals surface area contributed by atoms with Crippen LogP contribution in [-0.2, 0) is 4.79 Å². The third kappa shape index (κ3) is 6.13. The van der Waals surface area contributed by atoms with Crippen molar-refractivity contribution >= 4 is 11.4 Å². The average Bonchev–Trinajstić information content (AvgIpc) is 2.73. The van der Waals surface area contributed by atoms with E-state index in [1.165, 1.54) is 54.6 Å². The molecule has 156 valence electrons. The summed E-state index contributed by atoms with van der Waals surface area (Å²) in [6, 6.07) is 6.25. The number of carbonyl (C=O) groups excluding carboxylic acids is 1. The Hall–Kier alpha value is -3.75. The van der Waals surface area contributed by atoms with Crippen LogP contribution in [-0.4, -0.2) is 5.78 Å². The molecule has 0 fully saturated rings. The van der Waals surface area contributed by atoms with Crippen molar-refractivity contribution in [1.29, 1.82) is 0 Å². The fourth-order valence-corrected chi connectivity index (χ4v) is 2.22. The molecule has 0 heterocycles. The molecule has 0 aromatic heterocycles. The highest BCUT2D eigenvalue weighted by Crippen LogP contribution is 2.29. The molecule has 0 saturated carbocycles. The second-order valence-corrected chi connectivity index (χ2v) is 5.49. The summed E-state index contributed by atoms with van der Waals surface area (Å²) in [5.74, 6) is -0.886. The molecule has 0 aliphatic heterocycles. The zero-order valence-electron chi connectivity index (χ0n) is 15.0. The fourth-order valence-electron chi connectivity index (χ4n) is 2.22. The molecule has 0 amide bonds. The number of rotatable bonds is 8. The number of halogens is 6. The number of allylic oxidation sites excluding steroid dienone is 2. The zero-order chi connectivity index (χ0) is 22.3. The van der Waals surface area contributed by atoms with Gasteiger partial charge in [-0.25, -0.2) is 0 Å². The molecule has 0 spiro atoms. The van der Waals surface area contributed by atoms with Gasteiger partial charge in [0.05, 0.1) is 0 Å². The van der Waals surface area contributed by atoms with Gasteiger partial charge in [0, 0.05) is 0 Å². The maximum Gasteiger partial charge on any atom is 0.344 e. The molecular formula is C21H12F6O3. The smallest absolute Gasteiger partial charge is 0.344 e. The normalized spacial score (nSPS) is 9.93. The van der Waals surface area contributed by atoms with Crippen LogP contribution in [0.2, 0.25) is 0 Å². The van der Waals surface area contributed by atoms with E-state index in [1.54, 1.807) is 0 Å². The molecule has 0 radical (unpaired) electrons. The minimum absolute atomic E-state index is 0.210. The Kier molecular flexibility index (Phi) is 7.62. The molecule has 30 heavy (non-hydrogen) atoms. The topological polar surface area (TPSA) is 35.5 Å². The standard InChI is InChI=1S/C21H12F6O3/c1-2-14(28)11-17(12-3-7-15(8-4-12)29-20(26)18(22)23)13-5-9-16(10-6-13)30-21(27)19(24)25/h2-11H,1H2. The summed E-state index contributed by atoms with van der Waals surface area (Å²) in [5, 5.41) is 0. The van der Waals surface area contributed by atoms with Crippen LogP contribution >= 0.6 is 0 Å². The monoisotopic (exact) mass is 426 g/mol. The Morgan fingerprint density at radius 3 is 1.37 bits per heavy atom. The first-order valence-corrected chi connectivity index (χ1v) is 8.07. The quantitative estimate of drug-likeness (QED) is 0.268. The van der Waals surface area contributed by atoms with Crippen LogP contribution in [0, 0.1) is 0 Å². The Morgan fingerprint density at radius 1 is 0.700 bits per heavy atom. The minimum atomic E-state index is -2.61. The summed E-state index contributed by atoms with van der Waals surface area (Å²) >= 11 is 0. The molecule has 9 heteroatoms. The first kappa shape index (κ1) is 22.5. The highest BCUT2D eigenvalue weighted by molar-refractivity contribution is 6.06. The van der Waals surface area contributed by atoms with Crippen LogP contribution < -0.4 is 9.47 Å². The summed E-state index contributed by atoms with van der Waals surface area (Å²) in [4.78, 5) is 11.8. The maximum atomic E-state index is 12.9. The van der Waals surface area contributed by atoms with Crippen LogP contribution in [0.1, 0.15) is 11.1 Å². The molecule has 0 bridgehead atoms. The largest absolute Gasteiger partial charge is 0.428 e. The van der Waals surface area contributed by atoms with E-state index in [0.717, 1.165) is 6.08 Å². The number of benzene rings is 2. The van der Waals surface area contributed by atoms with Crippen molar-refractivity contribution < 1.29 is 40.6 Å². The van der Waals surface area contributed by atoms with Gasteiger partial charge in [-0.15, -0.1) is 0 Å². The summed E-state index contributed by atoms with van der Waals surface area (Å²) in [6.45, 7) is 3.36. The van der Waals surface area contributed by atoms with Gasteiger partial charge in [-0.1, -0.05) is 30.8 Å². The van der Waals surface area contributed by atoms with E-state index in [2.05, 4.69) is 16.1 Å². The van der Waals surface area contributed by atoms with E-state index in [1.807, 2.05) is 0 Å². The van der Waals surface area contributed by atoms with Crippen molar-refractivity contribution in [3.8, 4) is 11.5 Å². The Bertz CT molecular complexity index is 942. The van der Waals surface area contributed by atoms with Crippen molar-refractivity contribution in [1.82, 2.24) is 0 Å². The van der Waals surface area contributed by atoms with Crippen molar-refractivity contribution in [3.63, 3.8) is 0 Å². The predicted octanol–water partition coefficient (Wildman–Crippen LogP) is 6.70. The lowest BCUT2D eigenvalue weighted by molar-refractivity contribution is -0.110. The number of carbonyl (C=O) groups is 1. The van der Waals surface area contributed by atoms with Crippen LogP contribution in [0.4, 0.5) is 26.3 Å². The minimum Gasteiger partial charge on any atom is -0.428 e. The van der Waals surface area contributed by atoms with Gasteiger partial charge in [0.1, 0.15) is 11.5 Å². The lowest BCUT2D eigenvalue weighted by Gasteiger charge is -2.10. The molecule has 3 nitrogen and oxygen atoms in total. The second kappa shape index (κ2) is 10.1. The van der Waals surface area contributed by atoms with E-state index in [4.69, 9.17) is 0 Å². The summed E-state index contributed by atoms with van der Waals surface area (Å²) in [7, 11) is 0. The molecule has 2 aromatic carbocycles. The SMILES string of the molecule is C=CC(=O)C=C(c1ccc(OC(F)=C(F)F)cc1)c1ccc(OC(F)=C(F)F)cc1. The van der Waals surface area contributed by atoms with Gasteiger partial charge in [0.25, 0.3) is 0 Å². The molecule has 0 aliphatic rings. The van der Waals surface area contributed by atoms with Gasteiger partial charge >= 0.3 is 24.2 Å². The summed E-state index contributed by atoms with van der Waals surface area (Å²) in [5.41, 5.74) is 1.16. The van der Waals surface area contributed by atoms with Gasteiger partial charge < -0.3 is 9.47 Å². The predicted molar refractivity (Wildman–Crippen MR) is 97.1 cm³/mol. The Balaban J connectivity index is 2.37. The lowest BCUT2D eigenvalue weighted by Crippen LogP contribution is -1.96. The van der Waals surface area contributed by atoms with E-state index in [0.29, 0.717) is 16.7 Å². The molecule has 2 aromatic rings. The third-order valence-corrected chi connectivity index (χ3v) is 3.53. The fraction of sp³-hybridized carbons (Fsp3) is 0. The first-order valence-electron chi connectivity index (χ1n) is 8.07. The number of hydrogen-bond donors (Lipinski definition) is 0. The van der Waals surface area contributed by atoms with Gasteiger partial charge in [0.2, 0.25) is 0 Å². The maximum absolute atomic E-state index is 12.9. The molecule has 0 N–H and O–H groups in total. The van der Waals surface area contributed by atoms with Crippen molar-refractivity contribution in [2.45, 2.75) is 0 Å². The van der Waals surface area contributed by atoms with Gasteiger partial charge in [-0.05, 0) is 53.1 Å². The van der Waals surface area contributed by atoms with Crippen molar-refractivity contribution in [2.24, 2.45) is 0 Å². The van der Waals surface area contributed by atoms with E-state index in [9.17, 15) is 31.1 Å². The number of ketones is 1.